The molecule has 1 aromatic carbocycles. The summed E-state index contributed by atoms with van der Waals surface area (Å²) in [5.41, 5.74) is 3.73. The highest BCUT2D eigenvalue weighted by Crippen LogP contribution is 2.32. The first-order valence-corrected chi connectivity index (χ1v) is 12.4. The number of halogens is 1. The molecule has 36 heavy (non-hydrogen) atoms. The molecule has 3 heterocycles. The van der Waals surface area contributed by atoms with Gasteiger partial charge in [-0.3, -0.25) is 4.79 Å². The molecule has 0 spiro atoms. The number of aromatic nitrogens is 3. The van der Waals surface area contributed by atoms with Gasteiger partial charge < -0.3 is 25.6 Å². The summed E-state index contributed by atoms with van der Waals surface area (Å²) in [5.74, 6) is 2.10. The Kier molecular flexibility index (Phi) is 6.84. The molecule has 1 amide bonds. The Morgan fingerprint density at radius 3 is 2.86 bits per heavy atom. The van der Waals surface area contributed by atoms with Crippen LogP contribution in [0.1, 0.15) is 31.2 Å². The van der Waals surface area contributed by atoms with E-state index < -0.39 is 0 Å². The van der Waals surface area contributed by atoms with Gasteiger partial charge in [-0.1, -0.05) is 18.2 Å². The number of carbonyl (C=O) groups is 1. The van der Waals surface area contributed by atoms with Crippen LogP contribution in [0.15, 0.2) is 48.3 Å². The number of anilines is 3. The number of carbonyl (C=O) groups excluding carboxylic acids is 1. The molecule has 3 aromatic rings. The normalized spacial score (nSPS) is 16.7. The van der Waals surface area contributed by atoms with E-state index in [1.165, 1.54) is 0 Å². The molecule has 1 saturated carbocycles. The first-order valence-electron chi connectivity index (χ1n) is 12.0. The van der Waals surface area contributed by atoms with Crippen molar-refractivity contribution in [3.8, 4) is 5.75 Å². The van der Waals surface area contributed by atoms with E-state index in [-0.39, 0.29) is 5.91 Å². The monoisotopic (exact) mass is 507 g/mol. The highest BCUT2D eigenvalue weighted by Gasteiger charge is 2.24. The molecule has 2 aromatic heterocycles. The van der Waals surface area contributed by atoms with Gasteiger partial charge in [0.2, 0.25) is 5.91 Å². The summed E-state index contributed by atoms with van der Waals surface area (Å²) in [6.45, 7) is 5.49. The van der Waals surface area contributed by atoms with Crippen LogP contribution in [0, 0.1) is 0 Å². The number of hydrogen-bond acceptors (Lipinski definition) is 7. The Morgan fingerprint density at radius 2 is 2.17 bits per heavy atom. The van der Waals surface area contributed by atoms with Gasteiger partial charge in [-0.15, -0.1) is 0 Å². The molecule has 2 aliphatic rings. The number of benzene rings is 1. The zero-order valence-corrected chi connectivity index (χ0v) is 21.2. The molecule has 2 fully saturated rings. The summed E-state index contributed by atoms with van der Waals surface area (Å²) in [7, 11) is 4.08. The van der Waals surface area contributed by atoms with Crippen LogP contribution < -0.4 is 20.7 Å². The van der Waals surface area contributed by atoms with Gasteiger partial charge in [0.05, 0.1) is 24.2 Å². The summed E-state index contributed by atoms with van der Waals surface area (Å²) in [6.07, 6.45) is 7.15. The van der Waals surface area contributed by atoms with Crippen molar-refractivity contribution in [1.29, 1.82) is 0 Å². The number of allylic oxidation sites excluding steroid dienone is 1. The lowest BCUT2D eigenvalue weighted by Gasteiger charge is -2.14. The molecule has 3 N–H and O–H groups in total. The van der Waals surface area contributed by atoms with Crippen molar-refractivity contribution in [1.82, 2.24) is 24.8 Å². The molecule has 0 unspecified atom stereocenters. The smallest absolute Gasteiger partial charge is 0.228 e. The van der Waals surface area contributed by atoms with Crippen LogP contribution in [0.2, 0.25) is 5.02 Å². The van der Waals surface area contributed by atoms with Crippen LogP contribution >= 0.6 is 11.6 Å². The van der Waals surface area contributed by atoms with Crippen molar-refractivity contribution in [2.45, 2.75) is 31.7 Å². The Morgan fingerprint density at radius 1 is 1.33 bits per heavy atom. The highest BCUT2D eigenvalue weighted by molar-refractivity contribution is 6.32. The average Bonchev–Trinajstić information content (AvgIpc) is 3.46. The van der Waals surface area contributed by atoms with Gasteiger partial charge >= 0.3 is 0 Å². The standard InChI is InChI=1S/C26H30ClN7O2/c1-16-17(12-25(35)29-16)11-18-15-28-34-24(31-19-5-6-19)14-23(32-26(18)34)30-20-7-8-22(21(27)13-20)36-10-4-9-33(2)3/h7-8,11,13-15,19,31H,1,4-6,9-10,12H2,2-3H3,(H,29,35)(H,30,32)/b17-11+. The number of amides is 1. The fourth-order valence-electron chi connectivity index (χ4n) is 3.99. The van der Waals surface area contributed by atoms with Crippen LogP contribution in [0.5, 0.6) is 5.75 Å². The molecule has 1 aliphatic heterocycles. The van der Waals surface area contributed by atoms with E-state index in [1.54, 1.807) is 10.7 Å². The van der Waals surface area contributed by atoms with Gasteiger partial charge in [-0.25, -0.2) is 4.98 Å². The van der Waals surface area contributed by atoms with Crippen molar-refractivity contribution < 1.29 is 9.53 Å². The molecular weight excluding hydrogens is 478 g/mol. The summed E-state index contributed by atoms with van der Waals surface area (Å²) >= 11 is 6.50. The Bertz CT molecular complexity index is 1340. The summed E-state index contributed by atoms with van der Waals surface area (Å²) in [6, 6.07) is 8.00. The van der Waals surface area contributed by atoms with Crippen LogP contribution in [0.4, 0.5) is 17.3 Å². The van der Waals surface area contributed by atoms with Crippen molar-refractivity contribution in [2.75, 3.05) is 37.9 Å². The van der Waals surface area contributed by atoms with Gasteiger partial charge in [0.15, 0.2) is 5.65 Å². The predicted octanol–water partition coefficient (Wildman–Crippen LogP) is 4.45. The average molecular weight is 508 g/mol. The Balaban J connectivity index is 1.40. The van der Waals surface area contributed by atoms with Crippen LogP contribution in [0.25, 0.3) is 11.7 Å². The third-order valence-electron chi connectivity index (χ3n) is 6.00. The highest BCUT2D eigenvalue weighted by atomic mass is 35.5. The summed E-state index contributed by atoms with van der Waals surface area (Å²) < 4.78 is 7.63. The molecule has 9 nitrogen and oxygen atoms in total. The minimum Gasteiger partial charge on any atom is -0.492 e. The van der Waals surface area contributed by atoms with E-state index in [9.17, 15) is 4.79 Å². The molecule has 10 heteroatoms. The molecule has 1 aliphatic carbocycles. The largest absolute Gasteiger partial charge is 0.492 e. The lowest BCUT2D eigenvalue weighted by Crippen LogP contribution is -2.15. The number of nitrogens with zero attached hydrogens (tertiary/aromatic N) is 4. The van der Waals surface area contributed by atoms with Gasteiger partial charge in [-0.2, -0.15) is 9.61 Å². The zero-order valence-electron chi connectivity index (χ0n) is 20.5. The first kappa shape index (κ1) is 24.1. The van der Waals surface area contributed by atoms with Gasteiger partial charge in [0, 0.05) is 35.6 Å². The number of fused-ring (bicyclic) bond motifs is 1. The minimum absolute atomic E-state index is 0.0591. The van der Waals surface area contributed by atoms with Crippen LogP contribution in [0.3, 0.4) is 0 Å². The SMILES string of the molecule is C=C1NC(=O)C/C1=C\c1cnn2c(NC3CC3)cc(Nc3ccc(OCCCN(C)C)c(Cl)c3)nc12. The van der Waals surface area contributed by atoms with Crippen LogP contribution in [-0.4, -0.2) is 58.7 Å². The van der Waals surface area contributed by atoms with E-state index in [0.29, 0.717) is 47.0 Å². The van der Waals surface area contributed by atoms with Crippen molar-refractivity contribution >= 4 is 46.6 Å². The fourth-order valence-corrected chi connectivity index (χ4v) is 4.23. The minimum atomic E-state index is -0.0591. The summed E-state index contributed by atoms with van der Waals surface area (Å²) in [5, 5.41) is 14.7. The van der Waals surface area contributed by atoms with E-state index >= 15 is 0 Å². The number of ether oxygens (including phenoxy) is 1. The lowest BCUT2D eigenvalue weighted by molar-refractivity contribution is -0.118. The Hall–Kier alpha value is -3.56. The number of hydrogen-bond donors (Lipinski definition) is 3. The van der Waals surface area contributed by atoms with Gasteiger partial charge in [0.25, 0.3) is 0 Å². The van der Waals surface area contributed by atoms with Crippen molar-refractivity contribution in [3.05, 3.63) is 58.9 Å². The molecule has 0 atom stereocenters. The second-order valence-electron chi connectivity index (χ2n) is 9.43. The van der Waals surface area contributed by atoms with E-state index in [2.05, 4.69) is 32.5 Å². The van der Waals surface area contributed by atoms with Crippen LogP contribution in [-0.2, 0) is 4.79 Å². The molecule has 0 radical (unpaired) electrons. The maximum atomic E-state index is 11.8. The third kappa shape index (κ3) is 5.63. The fraction of sp³-hybridized carbons (Fsp3) is 0.346. The molecule has 1 saturated heterocycles. The van der Waals surface area contributed by atoms with E-state index in [0.717, 1.165) is 48.4 Å². The van der Waals surface area contributed by atoms with Gasteiger partial charge in [0.1, 0.15) is 17.4 Å². The first-order chi connectivity index (χ1) is 17.4. The van der Waals surface area contributed by atoms with Gasteiger partial charge in [-0.05, 0) is 63.2 Å². The summed E-state index contributed by atoms with van der Waals surface area (Å²) in [4.78, 5) is 18.7. The zero-order chi connectivity index (χ0) is 25.2. The topological polar surface area (TPSA) is 95.8 Å². The maximum absolute atomic E-state index is 11.8. The second-order valence-corrected chi connectivity index (χ2v) is 9.84. The molecule has 188 valence electrons. The lowest BCUT2D eigenvalue weighted by atomic mass is 10.1. The second kappa shape index (κ2) is 10.2. The third-order valence-corrected chi connectivity index (χ3v) is 6.29. The number of nitrogens with one attached hydrogen (secondary N) is 3. The van der Waals surface area contributed by atoms with Crippen molar-refractivity contribution in [3.63, 3.8) is 0 Å². The molecular formula is C26H30ClN7O2. The maximum Gasteiger partial charge on any atom is 0.228 e. The van der Waals surface area contributed by atoms with Crippen molar-refractivity contribution in [2.24, 2.45) is 0 Å². The molecule has 0 bridgehead atoms. The van der Waals surface area contributed by atoms with E-state index in [4.69, 9.17) is 21.3 Å². The quantitative estimate of drug-likeness (QED) is 0.349. The van der Waals surface area contributed by atoms with E-state index in [1.807, 2.05) is 44.4 Å². The number of rotatable bonds is 10. The molecule has 5 rings (SSSR count). The predicted molar refractivity (Wildman–Crippen MR) is 143 cm³/mol. The Labute approximate surface area is 215 Å².